The van der Waals surface area contributed by atoms with Crippen LogP contribution < -0.4 is 10.6 Å². The van der Waals surface area contributed by atoms with Gasteiger partial charge < -0.3 is 15.4 Å². The van der Waals surface area contributed by atoms with Crippen LogP contribution in [0, 0.1) is 11.6 Å². The van der Waals surface area contributed by atoms with E-state index >= 15 is 0 Å². The predicted octanol–water partition coefficient (Wildman–Crippen LogP) is 2.04. The van der Waals surface area contributed by atoms with E-state index in [1.807, 2.05) is 0 Å². The van der Waals surface area contributed by atoms with Crippen LogP contribution in [0.2, 0.25) is 0 Å². The highest BCUT2D eigenvalue weighted by Gasteiger charge is 2.23. The van der Waals surface area contributed by atoms with E-state index in [2.05, 4.69) is 14.3 Å². The molecule has 118 valence electrons. The molecule has 0 bridgehead atoms. The molecule has 0 radical (unpaired) electrons. The highest BCUT2D eigenvalue weighted by atomic mass is 32.1. The van der Waals surface area contributed by atoms with Gasteiger partial charge in [0.2, 0.25) is 5.13 Å². The summed E-state index contributed by atoms with van der Waals surface area (Å²) in [4.78, 5) is 6.46. The van der Waals surface area contributed by atoms with Crippen molar-refractivity contribution >= 4 is 16.7 Å². The van der Waals surface area contributed by atoms with Gasteiger partial charge in [0.05, 0.1) is 12.7 Å². The van der Waals surface area contributed by atoms with E-state index in [1.165, 1.54) is 23.7 Å². The van der Waals surface area contributed by atoms with Gasteiger partial charge in [-0.3, -0.25) is 0 Å². The third-order valence-electron chi connectivity index (χ3n) is 3.43. The zero-order valence-electron chi connectivity index (χ0n) is 11.8. The lowest BCUT2D eigenvalue weighted by molar-refractivity contribution is 0.0369. The van der Waals surface area contributed by atoms with Gasteiger partial charge in [-0.1, -0.05) is 0 Å². The highest BCUT2D eigenvalue weighted by molar-refractivity contribution is 7.09. The Hall–Kier alpha value is -1.64. The van der Waals surface area contributed by atoms with Gasteiger partial charge in [-0.25, -0.2) is 8.78 Å². The Labute approximate surface area is 130 Å². The first kappa shape index (κ1) is 15.3. The summed E-state index contributed by atoms with van der Waals surface area (Å²) >= 11 is 1.22. The number of hydrogen-bond acceptors (Lipinski definition) is 6. The summed E-state index contributed by atoms with van der Waals surface area (Å²) < 4.78 is 36.4. The molecule has 1 saturated heterocycles. The second-order valence-corrected chi connectivity index (χ2v) is 5.81. The molecule has 1 aromatic carbocycles. The Morgan fingerprint density at radius 3 is 2.82 bits per heavy atom. The molecular formula is C14H16F2N4OS. The van der Waals surface area contributed by atoms with E-state index < -0.39 is 11.6 Å². The minimum absolute atomic E-state index is 0.0812. The molecule has 3 rings (SSSR count). The molecule has 2 heterocycles. The molecule has 22 heavy (non-hydrogen) atoms. The van der Waals surface area contributed by atoms with Crippen LogP contribution in [0.1, 0.15) is 6.42 Å². The average Bonchev–Trinajstić information content (AvgIpc) is 2.97. The number of benzene rings is 1. The van der Waals surface area contributed by atoms with Crippen molar-refractivity contribution in [3.63, 3.8) is 0 Å². The summed E-state index contributed by atoms with van der Waals surface area (Å²) in [6, 6.07) is 3.28. The van der Waals surface area contributed by atoms with Crippen LogP contribution in [-0.2, 0) is 4.74 Å². The van der Waals surface area contributed by atoms with Crippen LogP contribution in [-0.4, -0.2) is 41.7 Å². The number of nitrogens with zero attached hydrogens (tertiary/aromatic N) is 3. The average molecular weight is 326 g/mol. The van der Waals surface area contributed by atoms with Gasteiger partial charge in [0.1, 0.15) is 11.6 Å². The molecule has 1 aromatic heterocycles. The quantitative estimate of drug-likeness (QED) is 0.931. The lowest BCUT2D eigenvalue weighted by Crippen LogP contribution is -2.43. The second-order valence-electron chi connectivity index (χ2n) is 5.07. The molecule has 1 fully saturated rings. The van der Waals surface area contributed by atoms with Crippen molar-refractivity contribution in [2.75, 3.05) is 31.1 Å². The first-order valence-corrected chi connectivity index (χ1v) is 7.80. The van der Waals surface area contributed by atoms with Crippen LogP contribution in [0.3, 0.4) is 0 Å². The molecule has 2 N–H and O–H groups in total. The van der Waals surface area contributed by atoms with Gasteiger partial charge in [0.15, 0.2) is 5.82 Å². The zero-order chi connectivity index (χ0) is 15.5. The molecule has 5 nitrogen and oxygen atoms in total. The summed E-state index contributed by atoms with van der Waals surface area (Å²) in [5.41, 5.74) is 5.90. The number of halogens is 2. The molecule has 2 aromatic rings. The third-order valence-corrected chi connectivity index (χ3v) is 4.21. The monoisotopic (exact) mass is 326 g/mol. The Morgan fingerprint density at radius 1 is 1.32 bits per heavy atom. The van der Waals surface area contributed by atoms with E-state index in [9.17, 15) is 8.78 Å². The Kier molecular flexibility index (Phi) is 4.60. The summed E-state index contributed by atoms with van der Waals surface area (Å²) in [5.74, 6) is -0.943. The van der Waals surface area contributed by atoms with Gasteiger partial charge >= 0.3 is 0 Å². The first-order chi connectivity index (χ1) is 10.7. The number of hydrogen-bond donors (Lipinski definition) is 1. The summed E-state index contributed by atoms with van der Waals surface area (Å²) in [7, 11) is 0. The van der Waals surface area contributed by atoms with E-state index in [0.717, 1.165) is 17.6 Å². The van der Waals surface area contributed by atoms with Gasteiger partial charge in [0, 0.05) is 36.3 Å². The molecule has 1 atom stereocenters. The summed E-state index contributed by atoms with van der Waals surface area (Å²) in [6.45, 7) is 2.59. The molecule has 1 aliphatic rings. The topological polar surface area (TPSA) is 64.3 Å². The number of ether oxygens (including phenoxy) is 1. The summed E-state index contributed by atoms with van der Waals surface area (Å²) in [6.07, 6.45) is 0.870. The largest absolute Gasteiger partial charge is 0.374 e. The van der Waals surface area contributed by atoms with Crippen LogP contribution in [0.4, 0.5) is 13.9 Å². The molecule has 8 heteroatoms. The molecular weight excluding hydrogens is 310 g/mol. The first-order valence-electron chi connectivity index (χ1n) is 7.02. The minimum atomic E-state index is -0.638. The fourth-order valence-electron chi connectivity index (χ4n) is 2.40. The second kappa shape index (κ2) is 6.64. The van der Waals surface area contributed by atoms with Crippen LogP contribution in [0.25, 0.3) is 11.4 Å². The molecule has 1 unspecified atom stereocenters. The van der Waals surface area contributed by atoms with Crippen LogP contribution in [0.15, 0.2) is 18.2 Å². The smallest absolute Gasteiger partial charge is 0.205 e. The van der Waals surface area contributed by atoms with Gasteiger partial charge in [0.25, 0.3) is 0 Å². The Morgan fingerprint density at radius 2 is 2.09 bits per heavy atom. The number of morpholine rings is 1. The lowest BCUT2D eigenvalue weighted by Gasteiger charge is -2.32. The Bertz CT molecular complexity index is 629. The fourth-order valence-corrected chi connectivity index (χ4v) is 3.12. The van der Waals surface area contributed by atoms with Crippen molar-refractivity contribution in [3.05, 3.63) is 29.8 Å². The number of nitrogens with two attached hydrogens (primary N) is 1. The maximum absolute atomic E-state index is 13.3. The maximum Gasteiger partial charge on any atom is 0.205 e. The number of rotatable bonds is 4. The standard InChI is InChI=1S/C14H16F2N4OS/c15-10-5-9(6-11(16)7-10)13-18-14(22-19-13)20-3-4-21-12(8-20)1-2-17/h5-7,12H,1-4,8,17H2. The third kappa shape index (κ3) is 3.40. The van der Waals surface area contributed by atoms with E-state index in [0.29, 0.717) is 37.6 Å². The van der Waals surface area contributed by atoms with Crippen molar-refractivity contribution in [2.24, 2.45) is 5.73 Å². The molecule has 0 aliphatic carbocycles. The predicted molar refractivity (Wildman–Crippen MR) is 80.9 cm³/mol. The van der Waals surface area contributed by atoms with E-state index in [1.54, 1.807) is 0 Å². The van der Waals surface area contributed by atoms with Gasteiger partial charge in [-0.2, -0.15) is 9.36 Å². The Balaban J connectivity index is 1.78. The normalized spacial score (nSPS) is 18.7. The maximum atomic E-state index is 13.3. The van der Waals surface area contributed by atoms with Crippen molar-refractivity contribution < 1.29 is 13.5 Å². The summed E-state index contributed by atoms with van der Waals surface area (Å²) in [5, 5.41) is 0.727. The number of anilines is 1. The van der Waals surface area contributed by atoms with Crippen molar-refractivity contribution in [2.45, 2.75) is 12.5 Å². The van der Waals surface area contributed by atoms with Crippen molar-refractivity contribution in [1.82, 2.24) is 9.36 Å². The molecule has 1 aliphatic heterocycles. The minimum Gasteiger partial charge on any atom is -0.374 e. The molecule has 0 saturated carbocycles. The number of aromatic nitrogens is 2. The van der Waals surface area contributed by atoms with E-state index in [4.69, 9.17) is 10.5 Å². The lowest BCUT2D eigenvalue weighted by atomic mass is 10.2. The zero-order valence-corrected chi connectivity index (χ0v) is 12.7. The molecule has 0 amide bonds. The van der Waals surface area contributed by atoms with Crippen LogP contribution in [0.5, 0.6) is 0 Å². The SMILES string of the molecule is NCCC1CN(c2nc(-c3cc(F)cc(F)c3)ns2)CCO1. The van der Waals surface area contributed by atoms with Gasteiger partial charge in [-0.15, -0.1) is 0 Å². The van der Waals surface area contributed by atoms with E-state index in [-0.39, 0.29) is 6.10 Å². The van der Waals surface area contributed by atoms with Crippen molar-refractivity contribution in [3.8, 4) is 11.4 Å². The highest BCUT2D eigenvalue weighted by Crippen LogP contribution is 2.26. The van der Waals surface area contributed by atoms with Gasteiger partial charge in [-0.05, 0) is 25.1 Å². The molecule has 0 spiro atoms. The fraction of sp³-hybridized carbons (Fsp3) is 0.429. The van der Waals surface area contributed by atoms with Crippen molar-refractivity contribution in [1.29, 1.82) is 0 Å². The van der Waals surface area contributed by atoms with Crippen LogP contribution >= 0.6 is 11.5 Å².